The maximum absolute atomic E-state index is 4.58. The summed E-state index contributed by atoms with van der Waals surface area (Å²) >= 11 is 0. The van der Waals surface area contributed by atoms with E-state index in [1.165, 1.54) is 59.6 Å². The van der Waals surface area contributed by atoms with Crippen LogP contribution in [0.3, 0.4) is 0 Å². The van der Waals surface area contributed by atoms with Gasteiger partial charge in [0.25, 0.3) is 0 Å². The van der Waals surface area contributed by atoms with Crippen LogP contribution >= 0.6 is 0 Å². The van der Waals surface area contributed by atoms with Gasteiger partial charge in [-0.2, -0.15) is 0 Å². The highest BCUT2D eigenvalue weighted by Gasteiger charge is 2.37. The van der Waals surface area contributed by atoms with E-state index < -0.39 is 0 Å². The fourth-order valence-electron chi connectivity index (χ4n) is 4.84. The molecule has 3 aromatic carbocycles. The van der Waals surface area contributed by atoms with Crippen LogP contribution in [0.2, 0.25) is 0 Å². The van der Waals surface area contributed by atoms with Crippen molar-refractivity contribution in [3.8, 4) is 0 Å². The van der Waals surface area contributed by atoms with Gasteiger partial charge >= 0.3 is 0 Å². The van der Waals surface area contributed by atoms with Gasteiger partial charge in [-0.1, -0.05) is 80.4 Å². The summed E-state index contributed by atoms with van der Waals surface area (Å²) < 4.78 is 0. The summed E-state index contributed by atoms with van der Waals surface area (Å²) in [5.74, 6) is 0. The Morgan fingerprint density at radius 3 is 2.39 bits per heavy atom. The van der Waals surface area contributed by atoms with Crippen LogP contribution in [0.4, 0.5) is 5.69 Å². The second-order valence-electron chi connectivity index (χ2n) is 7.99. The SMILES string of the molecule is C=C(C=CNc1ccccc1)C1(c2c(C)ccc3ccccc23)CCCCC1. The van der Waals surface area contributed by atoms with Crippen molar-refractivity contribution in [2.24, 2.45) is 0 Å². The van der Waals surface area contributed by atoms with E-state index >= 15 is 0 Å². The van der Waals surface area contributed by atoms with Gasteiger partial charge in [0.2, 0.25) is 0 Å². The fourth-order valence-corrected chi connectivity index (χ4v) is 4.84. The predicted octanol–water partition coefficient (Wildman–Crippen LogP) is 7.53. The minimum Gasteiger partial charge on any atom is -0.362 e. The lowest BCUT2D eigenvalue weighted by Gasteiger charge is -2.40. The molecule has 1 heteroatoms. The molecule has 4 rings (SSSR count). The largest absolute Gasteiger partial charge is 0.362 e. The van der Waals surface area contributed by atoms with Gasteiger partial charge in [-0.15, -0.1) is 0 Å². The smallest absolute Gasteiger partial charge is 0.0379 e. The van der Waals surface area contributed by atoms with E-state index in [0.29, 0.717) is 0 Å². The average molecular weight is 368 g/mol. The number of fused-ring (bicyclic) bond motifs is 1. The van der Waals surface area contributed by atoms with Crippen molar-refractivity contribution in [3.63, 3.8) is 0 Å². The van der Waals surface area contributed by atoms with Crippen LogP contribution in [-0.2, 0) is 5.41 Å². The Hall–Kier alpha value is -2.80. The molecule has 0 heterocycles. The van der Waals surface area contributed by atoms with Crippen LogP contribution in [0.5, 0.6) is 0 Å². The van der Waals surface area contributed by atoms with Crippen LogP contribution in [0.1, 0.15) is 43.2 Å². The predicted molar refractivity (Wildman–Crippen MR) is 122 cm³/mol. The highest BCUT2D eigenvalue weighted by Crippen LogP contribution is 2.48. The third-order valence-corrected chi connectivity index (χ3v) is 6.25. The fraction of sp³-hybridized carbons (Fsp3) is 0.259. The molecule has 0 aliphatic heterocycles. The van der Waals surface area contributed by atoms with E-state index in [2.05, 4.69) is 79.6 Å². The quantitative estimate of drug-likeness (QED) is 0.459. The number of rotatable bonds is 5. The van der Waals surface area contributed by atoms with Crippen molar-refractivity contribution in [3.05, 3.63) is 102 Å². The first-order chi connectivity index (χ1) is 13.7. The molecule has 1 aliphatic rings. The number of para-hydroxylation sites is 1. The maximum atomic E-state index is 4.58. The topological polar surface area (TPSA) is 12.0 Å². The molecule has 28 heavy (non-hydrogen) atoms. The summed E-state index contributed by atoms with van der Waals surface area (Å²) in [7, 11) is 0. The summed E-state index contributed by atoms with van der Waals surface area (Å²) in [4.78, 5) is 0. The van der Waals surface area contributed by atoms with E-state index in [1.54, 1.807) is 0 Å². The van der Waals surface area contributed by atoms with Crippen molar-refractivity contribution in [1.82, 2.24) is 0 Å². The van der Waals surface area contributed by atoms with E-state index in [-0.39, 0.29) is 5.41 Å². The Labute approximate surface area is 168 Å². The summed E-state index contributed by atoms with van der Waals surface area (Å²) in [6.07, 6.45) is 10.5. The molecule has 0 atom stereocenters. The Bertz CT molecular complexity index is 991. The van der Waals surface area contributed by atoms with Crippen molar-refractivity contribution in [1.29, 1.82) is 0 Å². The molecule has 3 aromatic rings. The lowest BCUT2D eigenvalue weighted by molar-refractivity contribution is 0.347. The Morgan fingerprint density at radius 2 is 1.61 bits per heavy atom. The van der Waals surface area contributed by atoms with Crippen molar-refractivity contribution in [2.45, 2.75) is 44.4 Å². The molecular formula is C27H29N. The number of anilines is 1. The zero-order valence-corrected chi connectivity index (χ0v) is 16.7. The zero-order chi connectivity index (χ0) is 19.4. The van der Waals surface area contributed by atoms with Crippen LogP contribution in [0.25, 0.3) is 10.8 Å². The zero-order valence-electron chi connectivity index (χ0n) is 16.7. The van der Waals surface area contributed by atoms with Crippen LogP contribution in [0.15, 0.2) is 91.2 Å². The summed E-state index contributed by atoms with van der Waals surface area (Å²) in [6.45, 7) is 6.84. The highest BCUT2D eigenvalue weighted by molar-refractivity contribution is 5.88. The first kappa shape index (κ1) is 18.6. The maximum Gasteiger partial charge on any atom is 0.0379 e. The molecule has 1 fully saturated rings. The van der Waals surface area contributed by atoms with Gasteiger partial charge in [0.05, 0.1) is 0 Å². The molecule has 1 saturated carbocycles. The van der Waals surface area contributed by atoms with Crippen LogP contribution in [-0.4, -0.2) is 0 Å². The molecule has 142 valence electrons. The lowest BCUT2D eigenvalue weighted by atomic mass is 9.63. The van der Waals surface area contributed by atoms with Crippen molar-refractivity contribution >= 4 is 16.5 Å². The third-order valence-electron chi connectivity index (χ3n) is 6.25. The molecule has 0 saturated heterocycles. The van der Waals surface area contributed by atoms with Crippen LogP contribution in [0, 0.1) is 6.92 Å². The molecule has 0 amide bonds. The molecule has 0 aromatic heterocycles. The number of allylic oxidation sites excluding steroid dienone is 2. The summed E-state index contributed by atoms with van der Waals surface area (Å²) in [5, 5.41) is 6.10. The monoisotopic (exact) mass is 367 g/mol. The van der Waals surface area contributed by atoms with E-state index in [4.69, 9.17) is 0 Å². The number of nitrogens with one attached hydrogen (secondary N) is 1. The molecule has 0 radical (unpaired) electrons. The minimum absolute atomic E-state index is 0.0259. The van der Waals surface area contributed by atoms with Gasteiger partial charge in [0.1, 0.15) is 0 Å². The molecular weight excluding hydrogens is 338 g/mol. The number of aryl methyl sites for hydroxylation is 1. The standard InChI is InChI=1S/C27H29N/c1-21-15-16-23-11-7-8-14-25(23)26(21)27(18-9-4-10-19-27)22(2)17-20-28-24-12-5-3-6-13-24/h3,5-8,11-17,20,28H,2,4,9-10,18-19H2,1H3. The highest BCUT2D eigenvalue weighted by atomic mass is 14.8. The van der Waals surface area contributed by atoms with Gasteiger partial charge < -0.3 is 5.32 Å². The Morgan fingerprint density at radius 1 is 0.893 bits per heavy atom. The van der Waals surface area contributed by atoms with Gasteiger partial charge in [-0.3, -0.25) is 0 Å². The summed E-state index contributed by atoms with van der Waals surface area (Å²) in [5.41, 5.74) is 5.21. The molecule has 1 aliphatic carbocycles. The Kier molecular flexibility index (Phi) is 5.34. The summed E-state index contributed by atoms with van der Waals surface area (Å²) in [6, 6.07) is 23.6. The van der Waals surface area contributed by atoms with Crippen molar-refractivity contribution in [2.75, 3.05) is 5.32 Å². The average Bonchev–Trinajstić information content (AvgIpc) is 2.75. The first-order valence-electron chi connectivity index (χ1n) is 10.4. The van der Waals surface area contributed by atoms with Gasteiger partial charge in [0, 0.05) is 17.3 Å². The second kappa shape index (κ2) is 8.06. The van der Waals surface area contributed by atoms with E-state index in [1.807, 2.05) is 18.2 Å². The lowest BCUT2D eigenvalue weighted by Crippen LogP contribution is -2.31. The molecule has 1 nitrogen and oxygen atoms in total. The first-order valence-corrected chi connectivity index (χ1v) is 10.4. The molecule has 0 unspecified atom stereocenters. The van der Waals surface area contributed by atoms with Gasteiger partial charge in [-0.05, 0) is 65.4 Å². The number of hydrogen-bond acceptors (Lipinski definition) is 1. The number of benzene rings is 3. The van der Waals surface area contributed by atoms with Crippen molar-refractivity contribution < 1.29 is 0 Å². The normalized spacial score (nSPS) is 16.3. The Balaban J connectivity index is 1.73. The van der Waals surface area contributed by atoms with Crippen LogP contribution < -0.4 is 5.32 Å². The third kappa shape index (κ3) is 3.49. The molecule has 0 spiro atoms. The molecule has 0 bridgehead atoms. The minimum atomic E-state index is 0.0259. The number of hydrogen-bond donors (Lipinski definition) is 1. The van der Waals surface area contributed by atoms with E-state index in [0.717, 1.165) is 5.69 Å². The van der Waals surface area contributed by atoms with Gasteiger partial charge in [0.15, 0.2) is 0 Å². The molecule has 1 N–H and O–H groups in total. The second-order valence-corrected chi connectivity index (χ2v) is 7.99. The van der Waals surface area contributed by atoms with Gasteiger partial charge in [-0.25, -0.2) is 0 Å². The van der Waals surface area contributed by atoms with E-state index in [9.17, 15) is 0 Å².